The molecule has 2 aromatic heterocycles. The zero-order valence-corrected chi connectivity index (χ0v) is 12.5. The standard InChI is InChI=1S/C11H16N4OS2/c1-6(2)12-11-15-14-10(18-11)9-7(3)13-8(17-9)5-16-4/h6H,5H2,1-4H3,(H,12,15). The molecule has 0 atom stereocenters. The van der Waals surface area contributed by atoms with Crippen molar-refractivity contribution in [3.05, 3.63) is 10.7 Å². The van der Waals surface area contributed by atoms with Gasteiger partial charge in [0.05, 0.1) is 17.2 Å². The smallest absolute Gasteiger partial charge is 0.206 e. The number of methoxy groups -OCH3 is 1. The minimum atomic E-state index is 0.359. The van der Waals surface area contributed by atoms with E-state index in [0.717, 1.165) is 25.7 Å². The summed E-state index contributed by atoms with van der Waals surface area (Å²) < 4.78 is 5.09. The molecule has 18 heavy (non-hydrogen) atoms. The van der Waals surface area contributed by atoms with Crippen molar-refractivity contribution in [2.24, 2.45) is 0 Å². The van der Waals surface area contributed by atoms with Gasteiger partial charge in [0, 0.05) is 13.2 Å². The van der Waals surface area contributed by atoms with Crippen LogP contribution in [0.25, 0.3) is 9.88 Å². The predicted octanol–water partition coefficient (Wildman–Crippen LogP) is 2.94. The molecule has 0 fully saturated rings. The zero-order valence-electron chi connectivity index (χ0n) is 10.9. The maximum Gasteiger partial charge on any atom is 0.206 e. The maximum absolute atomic E-state index is 5.09. The van der Waals surface area contributed by atoms with Crippen LogP contribution in [0.1, 0.15) is 24.5 Å². The molecule has 98 valence electrons. The van der Waals surface area contributed by atoms with Gasteiger partial charge in [-0.2, -0.15) is 0 Å². The van der Waals surface area contributed by atoms with Crippen LogP contribution in [0.5, 0.6) is 0 Å². The van der Waals surface area contributed by atoms with Crippen molar-refractivity contribution >= 4 is 27.8 Å². The second-order valence-electron chi connectivity index (χ2n) is 4.17. The van der Waals surface area contributed by atoms with Crippen LogP contribution in [0, 0.1) is 6.92 Å². The molecular formula is C11H16N4OS2. The number of rotatable bonds is 5. The van der Waals surface area contributed by atoms with Gasteiger partial charge in [-0.25, -0.2) is 4.98 Å². The molecule has 0 amide bonds. The molecule has 0 aliphatic heterocycles. The highest BCUT2D eigenvalue weighted by atomic mass is 32.1. The fraction of sp³-hybridized carbons (Fsp3) is 0.545. The van der Waals surface area contributed by atoms with Crippen molar-refractivity contribution in [2.45, 2.75) is 33.4 Å². The number of thiazole rings is 1. The van der Waals surface area contributed by atoms with E-state index in [1.807, 2.05) is 6.92 Å². The van der Waals surface area contributed by atoms with E-state index in [2.05, 4.69) is 34.3 Å². The van der Waals surface area contributed by atoms with Crippen LogP contribution in [-0.2, 0) is 11.3 Å². The first-order valence-corrected chi connectivity index (χ1v) is 7.29. The molecular weight excluding hydrogens is 268 g/mol. The van der Waals surface area contributed by atoms with Gasteiger partial charge in [-0.3, -0.25) is 0 Å². The van der Waals surface area contributed by atoms with Crippen molar-refractivity contribution in [3.63, 3.8) is 0 Å². The van der Waals surface area contributed by atoms with Gasteiger partial charge in [-0.05, 0) is 20.8 Å². The maximum atomic E-state index is 5.09. The van der Waals surface area contributed by atoms with Gasteiger partial charge in [-0.15, -0.1) is 21.5 Å². The third-order valence-electron chi connectivity index (χ3n) is 2.14. The number of anilines is 1. The number of hydrogen-bond donors (Lipinski definition) is 1. The zero-order chi connectivity index (χ0) is 13.1. The summed E-state index contributed by atoms with van der Waals surface area (Å²) in [6, 6.07) is 0.359. The topological polar surface area (TPSA) is 59.9 Å². The molecule has 0 aromatic carbocycles. The summed E-state index contributed by atoms with van der Waals surface area (Å²) in [5.74, 6) is 0. The molecule has 5 nitrogen and oxygen atoms in total. The first kappa shape index (κ1) is 13.4. The summed E-state index contributed by atoms with van der Waals surface area (Å²) in [4.78, 5) is 5.54. The molecule has 0 bridgehead atoms. The predicted molar refractivity (Wildman–Crippen MR) is 75.2 cm³/mol. The number of ether oxygens (including phenoxy) is 1. The molecule has 0 radical (unpaired) electrons. The molecule has 0 saturated heterocycles. The fourth-order valence-electron chi connectivity index (χ4n) is 1.46. The quantitative estimate of drug-likeness (QED) is 0.914. The van der Waals surface area contributed by atoms with Gasteiger partial charge < -0.3 is 10.1 Å². The molecule has 0 spiro atoms. The van der Waals surface area contributed by atoms with E-state index in [9.17, 15) is 0 Å². The summed E-state index contributed by atoms with van der Waals surface area (Å²) in [6.45, 7) is 6.69. The van der Waals surface area contributed by atoms with Crippen LogP contribution in [0.3, 0.4) is 0 Å². The van der Waals surface area contributed by atoms with E-state index >= 15 is 0 Å². The van der Waals surface area contributed by atoms with E-state index in [1.165, 1.54) is 0 Å². The highest BCUT2D eigenvalue weighted by molar-refractivity contribution is 7.23. The Kier molecular flexibility index (Phi) is 4.26. The molecule has 2 rings (SSSR count). The molecule has 0 aliphatic carbocycles. The Hall–Kier alpha value is -1.05. The summed E-state index contributed by atoms with van der Waals surface area (Å²) in [5, 5.41) is 14.3. The fourth-order valence-corrected chi connectivity index (χ4v) is 3.50. The van der Waals surface area contributed by atoms with Gasteiger partial charge in [0.2, 0.25) is 5.13 Å². The van der Waals surface area contributed by atoms with Gasteiger partial charge in [0.25, 0.3) is 0 Å². The number of nitrogens with zero attached hydrogens (tertiary/aromatic N) is 3. The van der Waals surface area contributed by atoms with Crippen molar-refractivity contribution in [2.75, 3.05) is 12.4 Å². The summed E-state index contributed by atoms with van der Waals surface area (Å²) in [6.07, 6.45) is 0. The van der Waals surface area contributed by atoms with Crippen molar-refractivity contribution in [3.8, 4) is 9.88 Å². The average molecular weight is 284 g/mol. The van der Waals surface area contributed by atoms with Crippen molar-refractivity contribution < 1.29 is 4.74 Å². The molecule has 0 unspecified atom stereocenters. The Bertz CT molecular complexity index is 521. The Balaban J connectivity index is 2.22. The number of nitrogens with one attached hydrogen (secondary N) is 1. The van der Waals surface area contributed by atoms with E-state index in [-0.39, 0.29) is 0 Å². The molecule has 2 heterocycles. The summed E-state index contributed by atoms with van der Waals surface area (Å²) in [7, 11) is 1.67. The van der Waals surface area contributed by atoms with Gasteiger partial charge in [0.1, 0.15) is 5.01 Å². The first-order chi connectivity index (χ1) is 8.60. The van der Waals surface area contributed by atoms with Crippen LogP contribution < -0.4 is 5.32 Å². The van der Waals surface area contributed by atoms with E-state index in [1.54, 1.807) is 29.8 Å². The van der Waals surface area contributed by atoms with Crippen LogP contribution in [0.2, 0.25) is 0 Å². The second kappa shape index (κ2) is 5.73. The minimum absolute atomic E-state index is 0.359. The first-order valence-electron chi connectivity index (χ1n) is 5.65. The van der Waals surface area contributed by atoms with Crippen LogP contribution in [0.15, 0.2) is 0 Å². The monoisotopic (exact) mass is 284 g/mol. The lowest BCUT2D eigenvalue weighted by Gasteiger charge is -2.02. The highest BCUT2D eigenvalue weighted by Gasteiger charge is 2.14. The van der Waals surface area contributed by atoms with Crippen molar-refractivity contribution in [1.29, 1.82) is 0 Å². The summed E-state index contributed by atoms with van der Waals surface area (Å²) >= 11 is 3.17. The Morgan fingerprint density at radius 3 is 2.72 bits per heavy atom. The molecule has 0 aliphatic rings. The third kappa shape index (κ3) is 3.04. The average Bonchev–Trinajstić information content (AvgIpc) is 2.85. The van der Waals surface area contributed by atoms with E-state index in [0.29, 0.717) is 12.6 Å². The highest BCUT2D eigenvalue weighted by Crippen LogP contribution is 2.33. The van der Waals surface area contributed by atoms with Crippen LogP contribution in [0.4, 0.5) is 5.13 Å². The SMILES string of the molecule is COCc1nc(C)c(-c2nnc(NC(C)C)s2)s1. The van der Waals surface area contributed by atoms with Crippen LogP contribution in [-0.4, -0.2) is 28.3 Å². The third-order valence-corrected chi connectivity index (χ3v) is 4.28. The second-order valence-corrected chi connectivity index (χ2v) is 6.23. The Morgan fingerprint density at radius 2 is 2.06 bits per heavy atom. The van der Waals surface area contributed by atoms with Gasteiger partial charge >= 0.3 is 0 Å². The van der Waals surface area contributed by atoms with Gasteiger partial charge in [0.15, 0.2) is 5.01 Å². The van der Waals surface area contributed by atoms with E-state index in [4.69, 9.17) is 4.74 Å². The molecule has 7 heteroatoms. The normalized spacial score (nSPS) is 11.2. The lowest BCUT2D eigenvalue weighted by Crippen LogP contribution is -2.08. The minimum Gasteiger partial charge on any atom is -0.378 e. The van der Waals surface area contributed by atoms with Crippen LogP contribution >= 0.6 is 22.7 Å². The molecule has 0 saturated carbocycles. The Labute approximate surface area is 114 Å². The van der Waals surface area contributed by atoms with Crippen molar-refractivity contribution in [1.82, 2.24) is 15.2 Å². The summed E-state index contributed by atoms with van der Waals surface area (Å²) in [5.41, 5.74) is 0.985. The van der Waals surface area contributed by atoms with Gasteiger partial charge in [-0.1, -0.05) is 11.3 Å². The van der Waals surface area contributed by atoms with E-state index < -0.39 is 0 Å². The lowest BCUT2D eigenvalue weighted by atomic mass is 10.4. The molecule has 2 aromatic rings. The lowest BCUT2D eigenvalue weighted by molar-refractivity contribution is 0.184. The molecule has 1 N–H and O–H groups in total. The Morgan fingerprint density at radius 1 is 1.28 bits per heavy atom. The largest absolute Gasteiger partial charge is 0.378 e. The number of aromatic nitrogens is 3. The number of aryl methyl sites for hydroxylation is 1. The number of hydrogen-bond acceptors (Lipinski definition) is 7.